The Morgan fingerprint density at radius 2 is 2.08 bits per heavy atom. The van der Waals surface area contributed by atoms with Crippen LogP contribution in [0.5, 0.6) is 0 Å². The number of aryl methyl sites for hydroxylation is 1. The largest absolute Gasteiger partial charge is 0.462 e. The van der Waals surface area contributed by atoms with E-state index < -0.39 is 0 Å². The van der Waals surface area contributed by atoms with Gasteiger partial charge in [0.05, 0.1) is 16.3 Å². The Hall–Kier alpha value is -0.180. The fourth-order valence-electron chi connectivity index (χ4n) is 1.25. The number of benzene rings is 1. The molecular weight excluding hydrogens is 275 g/mol. The second-order valence-corrected chi connectivity index (χ2v) is 4.42. The van der Waals surface area contributed by atoms with Crippen LogP contribution in [0.2, 0.25) is 10.0 Å². The van der Waals surface area contributed by atoms with E-state index in [9.17, 15) is 0 Å². The van der Waals surface area contributed by atoms with Gasteiger partial charge in [-0.15, -0.1) is 0 Å². The zero-order valence-corrected chi connectivity index (χ0v) is 9.79. The minimum Gasteiger partial charge on any atom is -0.462 e. The quantitative estimate of drug-likeness (QED) is 0.631. The molecule has 0 radical (unpaired) electrons. The van der Waals surface area contributed by atoms with Crippen molar-refractivity contribution in [1.82, 2.24) is 0 Å². The number of hydrogen-bond donors (Lipinski definition) is 0. The van der Waals surface area contributed by atoms with Crippen LogP contribution in [0.1, 0.15) is 5.56 Å². The summed E-state index contributed by atoms with van der Waals surface area (Å²) in [7, 11) is 0. The third kappa shape index (κ3) is 1.37. The molecule has 0 aliphatic rings. The average molecular weight is 280 g/mol. The maximum Gasteiger partial charge on any atom is 0.154 e. The van der Waals surface area contributed by atoms with Crippen molar-refractivity contribution in [2.24, 2.45) is 0 Å². The summed E-state index contributed by atoms with van der Waals surface area (Å²) in [5, 5.41) is 2.09. The highest BCUT2D eigenvalue weighted by molar-refractivity contribution is 9.10. The predicted molar refractivity (Wildman–Crippen MR) is 58.7 cm³/mol. The first-order valence-electron chi connectivity index (χ1n) is 3.62. The standard InChI is InChI=1S/C9H5BrCl2O/c1-4-3-13-9-6(11)2-5(10)8(12)7(4)9/h2-3H,1H3. The van der Waals surface area contributed by atoms with Crippen LogP contribution in [0.3, 0.4) is 0 Å². The van der Waals surface area contributed by atoms with Gasteiger partial charge in [-0.3, -0.25) is 0 Å². The lowest BCUT2D eigenvalue weighted by Crippen LogP contribution is -1.75. The first kappa shape index (κ1) is 9.38. The summed E-state index contributed by atoms with van der Waals surface area (Å²) >= 11 is 15.4. The molecule has 1 aromatic carbocycles. The summed E-state index contributed by atoms with van der Waals surface area (Å²) in [4.78, 5) is 0. The molecule has 0 N–H and O–H groups in total. The molecule has 13 heavy (non-hydrogen) atoms. The van der Waals surface area contributed by atoms with Crippen molar-refractivity contribution >= 4 is 50.1 Å². The Bertz CT molecular complexity index is 476. The second-order valence-electron chi connectivity index (χ2n) is 2.78. The number of furan rings is 1. The Labute approximate surface area is 93.7 Å². The molecule has 0 saturated heterocycles. The van der Waals surface area contributed by atoms with E-state index in [0.29, 0.717) is 15.6 Å². The van der Waals surface area contributed by atoms with E-state index in [2.05, 4.69) is 15.9 Å². The molecular formula is C9H5BrCl2O. The lowest BCUT2D eigenvalue weighted by molar-refractivity contribution is 0.613. The van der Waals surface area contributed by atoms with E-state index in [-0.39, 0.29) is 0 Å². The molecule has 0 aliphatic carbocycles. The van der Waals surface area contributed by atoms with Crippen LogP contribution in [0.4, 0.5) is 0 Å². The smallest absolute Gasteiger partial charge is 0.154 e. The third-order valence-corrected chi connectivity index (χ3v) is 3.40. The lowest BCUT2D eigenvalue weighted by atomic mass is 10.2. The topological polar surface area (TPSA) is 13.1 Å². The molecule has 0 spiro atoms. The van der Waals surface area contributed by atoms with E-state index >= 15 is 0 Å². The van der Waals surface area contributed by atoms with Gasteiger partial charge in [-0.2, -0.15) is 0 Å². The lowest BCUT2D eigenvalue weighted by Gasteiger charge is -1.99. The van der Waals surface area contributed by atoms with Gasteiger partial charge < -0.3 is 4.42 Å². The summed E-state index contributed by atoms with van der Waals surface area (Å²) in [5.41, 5.74) is 1.63. The van der Waals surface area contributed by atoms with Gasteiger partial charge in [0.25, 0.3) is 0 Å². The van der Waals surface area contributed by atoms with Crippen molar-refractivity contribution in [3.63, 3.8) is 0 Å². The van der Waals surface area contributed by atoms with Crippen LogP contribution in [0, 0.1) is 6.92 Å². The molecule has 0 fully saturated rings. The van der Waals surface area contributed by atoms with Gasteiger partial charge in [0.1, 0.15) is 0 Å². The van der Waals surface area contributed by atoms with Crippen LogP contribution < -0.4 is 0 Å². The Balaban J connectivity index is 3.00. The number of hydrogen-bond acceptors (Lipinski definition) is 1. The van der Waals surface area contributed by atoms with Crippen LogP contribution >= 0.6 is 39.1 Å². The van der Waals surface area contributed by atoms with Crippen molar-refractivity contribution < 1.29 is 4.42 Å². The monoisotopic (exact) mass is 278 g/mol. The van der Waals surface area contributed by atoms with E-state index in [1.54, 1.807) is 12.3 Å². The molecule has 0 saturated carbocycles. The van der Waals surface area contributed by atoms with Crippen LogP contribution in [0.25, 0.3) is 11.0 Å². The first-order chi connectivity index (χ1) is 6.11. The molecule has 0 unspecified atom stereocenters. The minimum absolute atomic E-state index is 0.569. The molecule has 0 atom stereocenters. The van der Waals surface area contributed by atoms with E-state index in [4.69, 9.17) is 27.6 Å². The molecule has 2 rings (SSSR count). The number of halogens is 3. The molecule has 0 aliphatic heterocycles. The summed E-state index contributed by atoms with van der Waals surface area (Å²) in [6.45, 7) is 1.93. The summed E-state index contributed by atoms with van der Waals surface area (Å²) in [6.07, 6.45) is 1.65. The Morgan fingerprint density at radius 3 is 2.77 bits per heavy atom. The summed E-state index contributed by atoms with van der Waals surface area (Å²) in [6, 6.07) is 1.73. The van der Waals surface area contributed by atoms with Gasteiger partial charge in [0.15, 0.2) is 5.58 Å². The minimum atomic E-state index is 0.569. The van der Waals surface area contributed by atoms with E-state index in [0.717, 1.165) is 15.4 Å². The summed E-state index contributed by atoms with van der Waals surface area (Å²) in [5.74, 6) is 0. The highest BCUT2D eigenvalue weighted by Gasteiger charge is 2.13. The number of fused-ring (bicyclic) bond motifs is 1. The SMILES string of the molecule is Cc1coc2c(Cl)cc(Br)c(Cl)c12. The second kappa shape index (κ2) is 3.19. The van der Waals surface area contributed by atoms with Crippen LogP contribution in [0.15, 0.2) is 21.2 Å². The van der Waals surface area contributed by atoms with Crippen LogP contribution in [-0.2, 0) is 0 Å². The highest BCUT2D eigenvalue weighted by atomic mass is 79.9. The van der Waals surface area contributed by atoms with Crippen molar-refractivity contribution in [3.8, 4) is 0 Å². The maximum atomic E-state index is 6.08. The fraction of sp³-hybridized carbons (Fsp3) is 0.111. The number of rotatable bonds is 0. The molecule has 1 heterocycles. The van der Waals surface area contributed by atoms with Gasteiger partial charge in [-0.25, -0.2) is 0 Å². The third-order valence-electron chi connectivity index (χ3n) is 1.87. The van der Waals surface area contributed by atoms with E-state index in [1.807, 2.05) is 6.92 Å². The van der Waals surface area contributed by atoms with Gasteiger partial charge in [-0.1, -0.05) is 23.2 Å². The van der Waals surface area contributed by atoms with E-state index in [1.165, 1.54) is 0 Å². The van der Waals surface area contributed by atoms with Crippen molar-refractivity contribution in [2.45, 2.75) is 6.92 Å². The van der Waals surface area contributed by atoms with Crippen molar-refractivity contribution in [3.05, 3.63) is 32.4 Å². The Kier molecular flexibility index (Phi) is 2.30. The molecule has 0 amide bonds. The maximum absolute atomic E-state index is 6.08. The molecule has 1 aromatic heterocycles. The summed E-state index contributed by atoms with van der Waals surface area (Å²) < 4.78 is 6.07. The zero-order valence-electron chi connectivity index (χ0n) is 6.70. The van der Waals surface area contributed by atoms with Gasteiger partial charge in [0.2, 0.25) is 0 Å². The zero-order chi connectivity index (χ0) is 9.59. The van der Waals surface area contributed by atoms with Gasteiger partial charge in [0, 0.05) is 9.86 Å². The van der Waals surface area contributed by atoms with Gasteiger partial charge >= 0.3 is 0 Å². The average Bonchev–Trinajstić information content (AvgIpc) is 2.44. The highest BCUT2D eigenvalue weighted by Crippen LogP contribution is 2.38. The van der Waals surface area contributed by atoms with Gasteiger partial charge in [-0.05, 0) is 34.5 Å². The molecule has 1 nitrogen and oxygen atoms in total. The first-order valence-corrected chi connectivity index (χ1v) is 5.17. The van der Waals surface area contributed by atoms with Crippen molar-refractivity contribution in [1.29, 1.82) is 0 Å². The fourth-order valence-corrected chi connectivity index (χ4v) is 2.35. The molecule has 0 bridgehead atoms. The normalized spacial score (nSPS) is 11.1. The Morgan fingerprint density at radius 1 is 1.38 bits per heavy atom. The molecule has 4 heteroatoms. The van der Waals surface area contributed by atoms with Crippen molar-refractivity contribution in [2.75, 3.05) is 0 Å². The molecule has 2 aromatic rings. The predicted octanol–water partition coefficient (Wildman–Crippen LogP) is 4.81. The van der Waals surface area contributed by atoms with Crippen LogP contribution in [-0.4, -0.2) is 0 Å². The molecule has 68 valence electrons.